The second kappa shape index (κ2) is 10.1. The Morgan fingerprint density at radius 2 is 2.00 bits per heavy atom. The topological polar surface area (TPSA) is 107 Å². The molecular weight excluding hydrogens is 386 g/mol. The van der Waals surface area contributed by atoms with Crippen LogP contribution in [0.3, 0.4) is 0 Å². The Morgan fingerprint density at radius 3 is 2.63 bits per heavy atom. The Hall–Kier alpha value is -3.02. The normalized spacial score (nSPS) is 19.8. The first-order valence-electron chi connectivity index (χ1n) is 10.0. The lowest BCUT2D eigenvalue weighted by atomic mass is 9.83. The maximum Gasteiger partial charge on any atom is 0.338 e. The van der Waals surface area contributed by atoms with E-state index in [-0.39, 0.29) is 23.6 Å². The van der Waals surface area contributed by atoms with Crippen LogP contribution < -0.4 is 10.5 Å². The van der Waals surface area contributed by atoms with E-state index < -0.39 is 11.9 Å². The van der Waals surface area contributed by atoms with Gasteiger partial charge in [-0.1, -0.05) is 12.1 Å². The summed E-state index contributed by atoms with van der Waals surface area (Å²) in [5.74, 6) is -0.121. The van der Waals surface area contributed by atoms with Crippen molar-refractivity contribution in [2.45, 2.75) is 19.8 Å². The van der Waals surface area contributed by atoms with Crippen LogP contribution in [0.5, 0.6) is 5.75 Å². The quantitative estimate of drug-likeness (QED) is 0.677. The number of nitrogens with two attached hydrogens (primary N) is 1. The number of rotatable bonds is 7. The Labute approximate surface area is 176 Å². The molecule has 2 aliphatic rings. The van der Waals surface area contributed by atoms with Gasteiger partial charge in [-0.15, -0.1) is 0 Å². The molecule has 0 amide bonds. The van der Waals surface area contributed by atoms with Gasteiger partial charge in [0.05, 0.1) is 31.3 Å². The summed E-state index contributed by atoms with van der Waals surface area (Å²) in [6.07, 6.45) is 0. The largest absolute Gasteiger partial charge is 0.492 e. The van der Waals surface area contributed by atoms with Gasteiger partial charge in [-0.25, -0.2) is 4.79 Å². The molecule has 1 aromatic carbocycles. The van der Waals surface area contributed by atoms with Crippen LogP contribution in [-0.2, 0) is 19.0 Å². The summed E-state index contributed by atoms with van der Waals surface area (Å²) in [5.41, 5.74) is 7.12. The molecule has 30 heavy (non-hydrogen) atoms. The third-order valence-electron chi connectivity index (χ3n) is 5.09. The van der Waals surface area contributed by atoms with E-state index >= 15 is 0 Å². The zero-order chi connectivity index (χ0) is 21.5. The maximum absolute atomic E-state index is 12.5. The Balaban J connectivity index is 1.75. The molecule has 2 heterocycles. The SMILES string of the molecule is CCOC(=O)C1=C(C)OC(N)=C(C#N)C1c1ccc(OCCN2CCOCC2)cc1. The molecule has 2 aliphatic heterocycles. The van der Waals surface area contributed by atoms with Crippen LogP contribution in [0, 0.1) is 11.3 Å². The third kappa shape index (κ3) is 4.93. The number of esters is 1. The second-order valence-electron chi connectivity index (χ2n) is 6.99. The van der Waals surface area contributed by atoms with E-state index in [0.717, 1.165) is 38.4 Å². The molecule has 1 saturated heterocycles. The van der Waals surface area contributed by atoms with Crippen molar-refractivity contribution in [1.29, 1.82) is 5.26 Å². The van der Waals surface area contributed by atoms with Gasteiger partial charge >= 0.3 is 5.97 Å². The molecule has 2 N–H and O–H groups in total. The van der Waals surface area contributed by atoms with E-state index in [2.05, 4.69) is 11.0 Å². The lowest BCUT2D eigenvalue weighted by molar-refractivity contribution is -0.139. The number of nitrogens with zero attached hydrogens (tertiary/aromatic N) is 2. The summed E-state index contributed by atoms with van der Waals surface area (Å²) < 4.78 is 21.8. The Kier molecular flexibility index (Phi) is 7.33. The predicted octanol–water partition coefficient (Wildman–Crippen LogP) is 2.04. The number of allylic oxidation sites excluding steroid dienone is 2. The summed E-state index contributed by atoms with van der Waals surface area (Å²) in [6.45, 7) is 8.34. The van der Waals surface area contributed by atoms with Crippen LogP contribution >= 0.6 is 0 Å². The Morgan fingerprint density at radius 1 is 1.30 bits per heavy atom. The molecule has 1 aromatic rings. The number of nitriles is 1. The molecule has 0 radical (unpaired) electrons. The average molecular weight is 413 g/mol. The monoisotopic (exact) mass is 413 g/mol. The van der Waals surface area contributed by atoms with Gasteiger partial charge in [0.1, 0.15) is 29.8 Å². The zero-order valence-electron chi connectivity index (χ0n) is 17.3. The zero-order valence-corrected chi connectivity index (χ0v) is 17.3. The minimum Gasteiger partial charge on any atom is -0.492 e. The van der Waals surface area contributed by atoms with Gasteiger partial charge in [-0.05, 0) is 31.5 Å². The fourth-order valence-corrected chi connectivity index (χ4v) is 3.56. The molecule has 0 aliphatic carbocycles. The fourth-order valence-electron chi connectivity index (χ4n) is 3.56. The molecule has 1 unspecified atom stereocenters. The van der Waals surface area contributed by atoms with Crippen LogP contribution in [0.25, 0.3) is 0 Å². The molecule has 8 heteroatoms. The molecule has 0 spiro atoms. The van der Waals surface area contributed by atoms with Gasteiger partial charge in [0.15, 0.2) is 0 Å². The second-order valence-corrected chi connectivity index (χ2v) is 6.99. The number of benzene rings is 1. The number of morpholine rings is 1. The van der Waals surface area contributed by atoms with Crippen molar-refractivity contribution < 1.29 is 23.7 Å². The molecule has 1 fully saturated rings. The lowest BCUT2D eigenvalue weighted by Gasteiger charge is -2.27. The number of carbonyl (C=O) groups excluding carboxylic acids is 1. The van der Waals surface area contributed by atoms with Crippen molar-refractivity contribution >= 4 is 5.97 Å². The summed E-state index contributed by atoms with van der Waals surface area (Å²) in [6, 6.07) is 9.39. The first-order chi connectivity index (χ1) is 14.5. The van der Waals surface area contributed by atoms with Gasteiger partial charge in [0.2, 0.25) is 5.88 Å². The molecule has 0 aromatic heterocycles. The Bertz CT molecular complexity index is 864. The highest BCUT2D eigenvalue weighted by molar-refractivity contribution is 5.92. The van der Waals surface area contributed by atoms with Gasteiger partial charge in [-0.3, -0.25) is 4.90 Å². The van der Waals surface area contributed by atoms with E-state index in [1.165, 1.54) is 0 Å². The summed E-state index contributed by atoms with van der Waals surface area (Å²) >= 11 is 0. The highest BCUT2D eigenvalue weighted by Crippen LogP contribution is 2.39. The standard InChI is InChI=1S/C22H27N3O5/c1-3-28-22(26)19-15(2)30-21(24)18(14-23)20(19)16-4-6-17(7-5-16)29-13-10-25-8-11-27-12-9-25/h4-7,20H,3,8-13,24H2,1-2H3. The minimum atomic E-state index is -0.648. The maximum atomic E-state index is 12.5. The van der Waals surface area contributed by atoms with Crippen LogP contribution in [0.15, 0.2) is 47.1 Å². The van der Waals surface area contributed by atoms with Crippen LogP contribution in [-0.4, -0.2) is 56.9 Å². The fraction of sp³-hybridized carbons (Fsp3) is 0.455. The van der Waals surface area contributed by atoms with E-state index in [1.54, 1.807) is 13.8 Å². The van der Waals surface area contributed by atoms with Gasteiger partial charge in [-0.2, -0.15) is 5.26 Å². The molecule has 8 nitrogen and oxygen atoms in total. The van der Waals surface area contributed by atoms with E-state index in [4.69, 9.17) is 24.7 Å². The van der Waals surface area contributed by atoms with Crippen LogP contribution in [0.4, 0.5) is 0 Å². The van der Waals surface area contributed by atoms with Crippen molar-refractivity contribution in [3.05, 3.63) is 52.6 Å². The molecule has 0 bridgehead atoms. The highest BCUT2D eigenvalue weighted by atomic mass is 16.5. The number of hydrogen-bond acceptors (Lipinski definition) is 8. The molecular formula is C22H27N3O5. The number of carbonyl (C=O) groups is 1. The van der Waals surface area contributed by atoms with Gasteiger partial charge in [0, 0.05) is 19.6 Å². The van der Waals surface area contributed by atoms with E-state index in [1.807, 2.05) is 24.3 Å². The van der Waals surface area contributed by atoms with Crippen molar-refractivity contribution in [2.24, 2.45) is 5.73 Å². The molecule has 160 valence electrons. The van der Waals surface area contributed by atoms with Gasteiger partial charge < -0.3 is 24.7 Å². The third-order valence-corrected chi connectivity index (χ3v) is 5.09. The van der Waals surface area contributed by atoms with E-state index in [0.29, 0.717) is 18.1 Å². The average Bonchev–Trinajstić information content (AvgIpc) is 2.74. The van der Waals surface area contributed by atoms with Crippen molar-refractivity contribution in [3.63, 3.8) is 0 Å². The first kappa shape index (κ1) is 21.7. The van der Waals surface area contributed by atoms with Crippen molar-refractivity contribution in [2.75, 3.05) is 46.1 Å². The highest BCUT2D eigenvalue weighted by Gasteiger charge is 2.36. The van der Waals surface area contributed by atoms with E-state index in [9.17, 15) is 10.1 Å². The van der Waals surface area contributed by atoms with Crippen LogP contribution in [0.2, 0.25) is 0 Å². The molecule has 3 rings (SSSR count). The number of hydrogen-bond donors (Lipinski definition) is 1. The first-order valence-corrected chi connectivity index (χ1v) is 10.0. The number of ether oxygens (including phenoxy) is 4. The summed E-state index contributed by atoms with van der Waals surface area (Å²) in [4.78, 5) is 14.8. The van der Waals surface area contributed by atoms with Gasteiger partial charge in [0.25, 0.3) is 0 Å². The summed E-state index contributed by atoms with van der Waals surface area (Å²) in [7, 11) is 0. The summed E-state index contributed by atoms with van der Waals surface area (Å²) in [5, 5.41) is 9.62. The minimum absolute atomic E-state index is 0.00103. The molecule has 0 saturated carbocycles. The molecule has 1 atom stereocenters. The predicted molar refractivity (Wildman–Crippen MR) is 109 cm³/mol. The van der Waals surface area contributed by atoms with Crippen molar-refractivity contribution in [3.8, 4) is 11.8 Å². The van der Waals surface area contributed by atoms with Crippen LogP contribution in [0.1, 0.15) is 25.3 Å². The van der Waals surface area contributed by atoms with Crippen molar-refractivity contribution in [1.82, 2.24) is 4.90 Å². The lowest BCUT2D eigenvalue weighted by Crippen LogP contribution is -2.38. The smallest absolute Gasteiger partial charge is 0.338 e.